The highest BCUT2D eigenvalue weighted by Gasteiger charge is 2.38. The highest BCUT2D eigenvalue weighted by atomic mass is 19.4. The van der Waals surface area contributed by atoms with E-state index >= 15 is 0 Å². The molecule has 1 N–H and O–H groups in total. The molecule has 21 heavy (non-hydrogen) atoms. The summed E-state index contributed by atoms with van der Waals surface area (Å²) in [5, 5.41) is 3.44. The lowest BCUT2D eigenvalue weighted by molar-refractivity contribution is -0.149. The van der Waals surface area contributed by atoms with Crippen LogP contribution in [0.15, 0.2) is 0 Å². The van der Waals surface area contributed by atoms with Crippen LogP contribution in [0.1, 0.15) is 52.9 Å². The van der Waals surface area contributed by atoms with Crippen molar-refractivity contribution < 1.29 is 13.2 Å². The number of rotatable bonds is 8. The first kappa shape index (κ1) is 18.8. The molecule has 0 bridgehead atoms. The van der Waals surface area contributed by atoms with Gasteiger partial charge in [0.05, 0.1) is 6.54 Å². The average Bonchev–Trinajstić information content (AvgIpc) is 2.40. The van der Waals surface area contributed by atoms with Crippen LogP contribution in [0, 0.1) is 11.3 Å². The SMILES string of the molecule is CCCNCC1(CN(CC)CC(F)(F)F)CCC(C)CC1. The second kappa shape index (κ2) is 8.37. The second-order valence-corrected chi connectivity index (χ2v) is 6.78. The van der Waals surface area contributed by atoms with E-state index in [1.807, 2.05) is 6.92 Å². The summed E-state index contributed by atoms with van der Waals surface area (Å²) in [7, 11) is 0. The number of hydrogen-bond acceptors (Lipinski definition) is 2. The number of hydrogen-bond donors (Lipinski definition) is 1. The van der Waals surface area contributed by atoms with Crippen molar-refractivity contribution >= 4 is 0 Å². The van der Waals surface area contributed by atoms with Crippen molar-refractivity contribution in [3.05, 3.63) is 0 Å². The number of alkyl halides is 3. The van der Waals surface area contributed by atoms with Crippen LogP contribution in [-0.4, -0.2) is 43.8 Å². The molecule has 0 amide bonds. The highest BCUT2D eigenvalue weighted by molar-refractivity contribution is 4.89. The molecule has 0 aromatic carbocycles. The summed E-state index contributed by atoms with van der Waals surface area (Å²) in [4.78, 5) is 1.57. The van der Waals surface area contributed by atoms with E-state index in [1.165, 1.54) is 0 Å². The van der Waals surface area contributed by atoms with Gasteiger partial charge >= 0.3 is 6.18 Å². The lowest BCUT2D eigenvalue weighted by atomic mass is 9.70. The van der Waals surface area contributed by atoms with Crippen LogP contribution in [0.4, 0.5) is 13.2 Å². The topological polar surface area (TPSA) is 15.3 Å². The molecule has 0 aromatic heterocycles. The normalized spacial score (nSPS) is 27.3. The van der Waals surface area contributed by atoms with Gasteiger partial charge in [-0.3, -0.25) is 4.90 Å². The van der Waals surface area contributed by atoms with E-state index in [9.17, 15) is 13.2 Å². The van der Waals surface area contributed by atoms with Gasteiger partial charge in [0, 0.05) is 13.1 Å². The van der Waals surface area contributed by atoms with Crippen molar-refractivity contribution in [2.24, 2.45) is 11.3 Å². The average molecular weight is 308 g/mol. The fourth-order valence-electron chi connectivity index (χ4n) is 3.30. The van der Waals surface area contributed by atoms with E-state index in [-0.39, 0.29) is 5.41 Å². The van der Waals surface area contributed by atoms with Gasteiger partial charge in [-0.25, -0.2) is 0 Å². The van der Waals surface area contributed by atoms with E-state index in [1.54, 1.807) is 4.90 Å². The summed E-state index contributed by atoms with van der Waals surface area (Å²) in [6.45, 7) is 8.22. The summed E-state index contributed by atoms with van der Waals surface area (Å²) in [5.41, 5.74) is 0.0168. The monoisotopic (exact) mass is 308 g/mol. The van der Waals surface area contributed by atoms with E-state index in [2.05, 4.69) is 19.2 Å². The molecule has 0 aromatic rings. The minimum Gasteiger partial charge on any atom is -0.316 e. The van der Waals surface area contributed by atoms with Crippen LogP contribution in [0.25, 0.3) is 0 Å². The molecule has 1 aliphatic rings. The Labute approximate surface area is 127 Å². The molecular weight excluding hydrogens is 277 g/mol. The minimum atomic E-state index is -4.10. The van der Waals surface area contributed by atoms with Crippen LogP contribution < -0.4 is 5.32 Å². The van der Waals surface area contributed by atoms with Crippen molar-refractivity contribution in [3.8, 4) is 0 Å². The summed E-state index contributed by atoms with van der Waals surface area (Å²) >= 11 is 0. The van der Waals surface area contributed by atoms with Gasteiger partial charge in [0.2, 0.25) is 0 Å². The first-order valence-corrected chi connectivity index (χ1v) is 8.30. The molecule has 0 unspecified atom stereocenters. The van der Waals surface area contributed by atoms with Gasteiger partial charge in [0.15, 0.2) is 0 Å². The molecule has 0 saturated heterocycles. The molecule has 0 aliphatic heterocycles. The van der Waals surface area contributed by atoms with E-state index in [0.717, 1.165) is 45.2 Å². The number of nitrogens with zero attached hydrogens (tertiary/aromatic N) is 1. The lowest BCUT2D eigenvalue weighted by Gasteiger charge is -2.43. The first-order chi connectivity index (χ1) is 9.80. The third-order valence-electron chi connectivity index (χ3n) is 4.67. The summed E-state index contributed by atoms with van der Waals surface area (Å²) in [6, 6.07) is 0. The number of halogens is 3. The van der Waals surface area contributed by atoms with Gasteiger partial charge < -0.3 is 5.32 Å². The van der Waals surface area contributed by atoms with Crippen LogP contribution in [0.3, 0.4) is 0 Å². The Morgan fingerprint density at radius 1 is 1.19 bits per heavy atom. The maximum atomic E-state index is 12.7. The van der Waals surface area contributed by atoms with Gasteiger partial charge in [-0.15, -0.1) is 0 Å². The van der Waals surface area contributed by atoms with E-state index in [0.29, 0.717) is 19.0 Å². The molecule has 126 valence electrons. The fourth-order valence-corrected chi connectivity index (χ4v) is 3.30. The molecule has 2 nitrogen and oxygen atoms in total. The molecule has 0 heterocycles. The summed E-state index contributed by atoms with van der Waals surface area (Å²) in [6.07, 6.45) is 1.32. The first-order valence-electron chi connectivity index (χ1n) is 8.30. The fraction of sp³-hybridized carbons (Fsp3) is 1.00. The van der Waals surface area contributed by atoms with Gasteiger partial charge in [0.25, 0.3) is 0 Å². The Hall–Kier alpha value is -0.290. The maximum Gasteiger partial charge on any atom is 0.401 e. The standard InChI is InChI=1S/C16H31F3N2/c1-4-10-20-11-15(8-6-14(3)7-9-15)12-21(5-2)13-16(17,18)19/h14,20H,4-13H2,1-3H3. The Morgan fingerprint density at radius 2 is 1.81 bits per heavy atom. The zero-order valence-corrected chi connectivity index (χ0v) is 13.7. The number of nitrogens with one attached hydrogen (secondary N) is 1. The van der Waals surface area contributed by atoms with Gasteiger partial charge in [-0.1, -0.05) is 33.6 Å². The molecule has 0 radical (unpaired) electrons. The van der Waals surface area contributed by atoms with Crippen molar-refractivity contribution in [1.82, 2.24) is 10.2 Å². The third-order valence-corrected chi connectivity index (χ3v) is 4.67. The van der Waals surface area contributed by atoms with Crippen LogP contribution >= 0.6 is 0 Å². The molecule has 1 rings (SSSR count). The van der Waals surface area contributed by atoms with Crippen molar-refractivity contribution in [3.63, 3.8) is 0 Å². The van der Waals surface area contributed by atoms with Crippen LogP contribution in [0.2, 0.25) is 0 Å². The quantitative estimate of drug-likeness (QED) is 0.680. The van der Waals surface area contributed by atoms with E-state index < -0.39 is 12.7 Å². The van der Waals surface area contributed by atoms with Gasteiger partial charge in [-0.2, -0.15) is 13.2 Å². The Balaban J connectivity index is 2.66. The zero-order valence-electron chi connectivity index (χ0n) is 13.7. The lowest BCUT2D eigenvalue weighted by Crippen LogP contribution is -2.48. The van der Waals surface area contributed by atoms with Gasteiger partial charge in [0.1, 0.15) is 0 Å². The zero-order chi connectivity index (χ0) is 15.9. The molecular formula is C16H31F3N2. The van der Waals surface area contributed by atoms with E-state index in [4.69, 9.17) is 0 Å². The largest absolute Gasteiger partial charge is 0.401 e. The molecule has 1 fully saturated rings. The molecule has 1 aliphatic carbocycles. The summed E-state index contributed by atoms with van der Waals surface area (Å²) in [5.74, 6) is 0.710. The molecule has 1 saturated carbocycles. The Kier molecular flexibility index (Phi) is 7.48. The molecule has 0 spiro atoms. The predicted molar refractivity (Wildman–Crippen MR) is 81.4 cm³/mol. The Bertz CT molecular complexity index is 284. The Morgan fingerprint density at radius 3 is 2.29 bits per heavy atom. The molecule has 5 heteroatoms. The van der Waals surface area contributed by atoms with Crippen molar-refractivity contribution in [2.45, 2.75) is 59.1 Å². The van der Waals surface area contributed by atoms with Crippen molar-refractivity contribution in [2.75, 3.05) is 32.7 Å². The molecule has 0 atom stereocenters. The highest BCUT2D eigenvalue weighted by Crippen LogP contribution is 2.39. The third kappa shape index (κ3) is 7.00. The predicted octanol–water partition coefficient (Wildman–Crippen LogP) is 4.07. The van der Waals surface area contributed by atoms with Gasteiger partial charge in [-0.05, 0) is 43.7 Å². The smallest absolute Gasteiger partial charge is 0.316 e. The van der Waals surface area contributed by atoms with Crippen LogP contribution in [0.5, 0.6) is 0 Å². The minimum absolute atomic E-state index is 0.0168. The van der Waals surface area contributed by atoms with Crippen LogP contribution in [-0.2, 0) is 0 Å². The van der Waals surface area contributed by atoms with Crippen molar-refractivity contribution in [1.29, 1.82) is 0 Å². The maximum absolute atomic E-state index is 12.7. The summed E-state index contributed by atoms with van der Waals surface area (Å²) < 4.78 is 38.0. The second-order valence-electron chi connectivity index (χ2n) is 6.78.